The van der Waals surface area contributed by atoms with Crippen LogP contribution in [0.4, 0.5) is 0 Å². The van der Waals surface area contributed by atoms with Crippen LogP contribution in [0.3, 0.4) is 0 Å². The highest BCUT2D eigenvalue weighted by Crippen LogP contribution is 2.12. The Morgan fingerprint density at radius 3 is 2.93 bits per heavy atom. The third-order valence-electron chi connectivity index (χ3n) is 3.14. The molecule has 2 aliphatic heterocycles. The summed E-state index contributed by atoms with van der Waals surface area (Å²) in [6.07, 6.45) is 0.162. The van der Waals surface area contributed by atoms with Gasteiger partial charge in [0, 0.05) is 26.2 Å². The third kappa shape index (κ3) is 2.30. The second kappa shape index (κ2) is 4.47. The number of rotatable bonds is 3. The number of carbonyl (C=O) groups is 1. The number of nitrogens with two attached hydrogens (primary N) is 1. The topological polar surface area (TPSA) is 58.8 Å². The predicted octanol–water partition coefficient (Wildman–Crippen LogP) is -1.12. The molecule has 5 heteroatoms. The van der Waals surface area contributed by atoms with Crippen molar-refractivity contribution in [3.05, 3.63) is 0 Å². The lowest BCUT2D eigenvalue weighted by Gasteiger charge is -2.41. The second-order valence-corrected chi connectivity index (χ2v) is 4.24. The van der Waals surface area contributed by atoms with Gasteiger partial charge in [-0.25, -0.2) is 0 Å². The van der Waals surface area contributed by atoms with Crippen molar-refractivity contribution in [1.29, 1.82) is 0 Å². The quantitative estimate of drug-likeness (QED) is 0.603. The number of hydrogen-bond donors (Lipinski definition) is 1. The Labute approximate surface area is 90.1 Å². The Morgan fingerprint density at radius 2 is 2.33 bits per heavy atom. The number of likely N-dealkylation sites (N-methyl/N-ethyl adjacent to an activating group) is 1. The molecule has 2 fully saturated rings. The molecule has 2 rings (SSSR count). The van der Waals surface area contributed by atoms with Gasteiger partial charge in [-0.15, -0.1) is 0 Å². The fraction of sp³-hybridized carbons (Fsp3) is 0.900. The average molecular weight is 213 g/mol. The van der Waals surface area contributed by atoms with Crippen molar-refractivity contribution in [2.24, 2.45) is 5.73 Å². The van der Waals surface area contributed by atoms with E-state index in [4.69, 9.17) is 10.5 Å². The minimum atomic E-state index is -0.268. The van der Waals surface area contributed by atoms with Gasteiger partial charge in [0.1, 0.15) is 6.04 Å². The van der Waals surface area contributed by atoms with Crippen LogP contribution in [0.1, 0.15) is 6.92 Å². The number of carbonyl (C=O) groups excluding carboxylic acids is 1. The number of ether oxygens (including phenoxy) is 1. The molecule has 0 bridgehead atoms. The molecule has 15 heavy (non-hydrogen) atoms. The molecule has 2 aliphatic rings. The van der Waals surface area contributed by atoms with Crippen LogP contribution >= 0.6 is 0 Å². The molecule has 0 aromatic rings. The first-order chi connectivity index (χ1) is 7.20. The monoisotopic (exact) mass is 213 g/mol. The van der Waals surface area contributed by atoms with E-state index in [1.807, 2.05) is 0 Å². The van der Waals surface area contributed by atoms with Gasteiger partial charge in [0.15, 0.2) is 0 Å². The maximum absolute atomic E-state index is 11.3. The number of amides is 1. The zero-order valence-electron chi connectivity index (χ0n) is 9.19. The molecule has 2 N–H and O–H groups in total. The minimum Gasteiger partial charge on any atom is -0.374 e. The summed E-state index contributed by atoms with van der Waals surface area (Å²) in [5, 5.41) is 0. The van der Waals surface area contributed by atoms with Crippen LogP contribution in [0.2, 0.25) is 0 Å². The Morgan fingerprint density at radius 1 is 1.53 bits per heavy atom. The number of nitrogens with zero attached hydrogens (tertiary/aromatic N) is 2. The van der Waals surface area contributed by atoms with E-state index in [1.54, 1.807) is 4.90 Å². The Bertz CT molecular complexity index is 247. The zero-order valence-corrected chi connectivity index (χ0v) is 9.19. The summed E-state index contributed by atoms with van der Waals surface area (Å²) < 4.78 is 5.62. The minimum absolute atomic E-state index is 0.0622. The number of morpholine rings is 1. The molecule has 2 heterocycles. The van der Waals surface area contributed by atoms with E-state index in [-0.39, 0.29) is 18.1 Å². The van der Waals surface area contributed by atoms with Crippen LogP contribution in [0.25, 0.3) is 0 Å². The Balaban J connectivity index is 1.77. The Hall–Kier alpha value is -0.650. The summed E-state index contributed by atoms with van der Waals surface area (Å²) in [7, 11) is 0. The van der Waals surface area contributed by atoms with Crippen molar-refractivity contribution in [2.45, 2.75) is 19.1 Å². The maximum atomic E-state index is 11.3. The number of likely N-dealkylation sites (tertiary alicyclic amines) is 1. The lowest BCUT2D eigenvalue weighted by Crippen LogP contribution is -2.63. The second-order valence-electron chi connectivity index (χ2n) is 4.24. The highest BCUT2D eigenvalue weighted by molar-refractivity contribution is 5.87. The van der Waals surface area contributed by atoms with E-state index in [0.717, 1.165) is 26.2 Å². The molecule has 5 nitrogen and oxygen atoms in total. The van der Waals surface area contributed by atoms with Crippen LogP contribution in [0.15, 0.2) is 0 Å². The van der Waals surface area contributed by atoms with Crippen molar-refractivity contribution >= 4 is 5.91 Å². The molecule has 0 spiro atoms. The van der Waals surface area contributed by atoms with Gasteiger partial charge in [0.2, 0.25) is 5.91 Å². The maximum Gasteiger partial charge on any atom is 0.241 e. The molecule has 2 unspecified atom stereocenters. The fourth-order valence-corrected chi connectivity index (χ4v) is 2.12. The molecule has 2 saturated heterocycles. The van der Waals surface area contributed by atoms with E-state index in [1.165, 1.54) is 0 Å². The van der Waals surface area contributed by atoms with Gasteiger partial charge in [0.25, 0.3) is 0 Å². The van der Waals surface area contributed by atoms with Gasteiger partial charge in [-0.1, -0.05) is 6.92 Å². The average Bonchev–Trinajstić information content (AvgIpc) is 2.28. The summed E-state index contributed by atoms with van der Waals surface area (Å²) in [5.74, 6) is 0.0622. The number of hydrogen-bond acceptors (Lipinski definition) is 4. The van der Waals surface area contributed by atoms with Gasteiger partial charge >= 0.3 is 0 Å². The molecule has 86 valence electrons. The van der Waals surface area contributed by atoms with Crippen LogP contribution in [-0.2, 0) is 9.53 Å². The van der Waals surface area contributed by atoms with Gasteiger partial charge in [0.05, 0.1) is 12.7 Å². The van der Waals surface area contributed by atoms with Crippen LogP contribution in [0, 0.1) is 0 Å². The standard InChI is InChI=1S/C10H19N3O2/c1-2-12-3-4-15-8(5-12)6-13-7-9(11)10(13)14/h8-9H,2-7,11H2,1H3. The molecule has 0 radical (unpaired) electrons. The highest BCUT2D eigenvalue weighted by Gasteiger charge is 2.35. The van der Waals surface area contributed by atoms with E-state index in [2.05, 4.69) is 11.8 Å². The van der Waals surface area contributed by atoms with E-state index >= 15 is 0 Å². The predicted molar refractivity (Wildman–Crippen MR) is 56.4 cm³/mol. The van der Waals surface area contributed by atoms with Crippen molar-refractivity contribution < 1.29 is 9.53 Å². The van der Waals surface area contributed by atoms with Gasteiger partial charge in [-0.05, 0) is 6.54 Å². The van der Waals surface area contributed by atoms with Crippen molar-refractivity contribution in [3.8, 4) is 0 Å². The molecule has 0 aromatic carbocycles. The third-order valence-corrected chi connectivity index (χ3v) is 3.14. The van der Waals surface area contributed by atoms with E-state index in [0.29, 0.717) is 13.1 Å². The molecule has 0 aromatic heterocycles. The lowest BCUT2D eigenvalue weighted by molar-refractivity contribution is -0.146. The molecule has 0 aliphatic carbocycles. The molecule has 1 amide bonds. The summed E-state index contributed by atoms with van der Waals surface area (Å²) in [5.41, 5.74) is 5.53. The van der Waals surface area contributed by atoms with Crippen molar-refractivity contribution in [2.75, 3.05) is 39.3 Å². The smallest absolute Gasteiger partial charge is 0.241 e. The molecule has 0 saturated carbocycles. The van der Waals surface area contributed by atoms with Crippen molar-refractivity contribution in [3.63, 3.8) is 0 Å². The van der Waals surface area contributed by atoms with E-state index in [9.17, 15) is 4.79 Å². The first-order valence-corrected chi connectivity index (χ1v) is 5.59. The zero-order chi connectivity index (χ0) is 10.8. The van der Waals surface area contributed by atoms with Crippen LogP contribution in [0.5, 0.6) is 0 Å². The SMILES string of the molecule is CCN1CCOC(CN2CC(N)C2=O)C1. The van der Waals surface area contributed by atoms with Crippen molar-refractivity contribution in [1.82, 2.24) is 9.80 Å². The highest BCUT2D eigenvalue weighted by atomic mass is 16.5. The summed E-state index contributed by atoms with van der Waals surface area (Å²) >= 11 is 0. The number of β-lactam (4-membered cyclic amide) rings is 1. The first kappa shape index (κ1) is 10.9. The lowest BCUT2D eigenvalue weighted by atomic mass is 10.1. The normalized spacial score (nSPS) is 32.9. The molecular formula is C10H19N3O2. The van der Waals surface area contributed by atoms with Crippen LogP contribution in [-0.4, -0.2) is 67.2 Å². The first-order valence-electron chi connectivity index (χ1n) is 5.59. The summed E-state index contributed by atoms with van der Waals surface area (Å²) in [6, 6.07) is -0.268. The van der Waals surface area contributed by atoms with Gasteiger partial charge < -0.3 is 15.4 Å². The van der Waals surface area contributed by atoms with Crippen LogP contribution < -0.4 is 5.73 Å². The summed E-state index contributed by atoms with van der Waals surface area (Å²) in [4.78, 5) is 15.4. The van der Waals surface area contributed by atoms with Gasteiger partial charge in [-0.2, -0.15) is 0 Å². The largest absolute Gasteiger partial charge is 0.374 e. The van der Waals surface area contributed by atoms with Gasteiger partial charge in [-0.3, -0.25) is 9.69 Å². The molecule has 2 atom stereocenters. The van der Waals surface area contributed by atoms with E-state index < -0.39 is 0 Å². The summed E-state index contributed by atoms with van der Waals surface area (Å²) in [6.45, 7) is 7.27. The fourth-order valence-electron chi connectivity index (χ4n) is 2.12. The Kier molecular flexibility index (Phi) is 3.23. The molecular weight excluding hydrogens is 194 g/mol.